The molecule has 1 nitrogen and oxygen atoms in total. The van der Waals surface area contributed by atoms with Crippen molar-refractivity contribution < 1.29 is 5.11 Å². The van der Waals surface area contributed by atoms with Crippen LogP contribution in [-0.2, 0) is 0 Å². The van der Waals surface area contributed by atoms with E-state index in [1.165, 1.54) is 0 Å². The summed E-state index contributed by atoms with van der Waals surface area (Å²) < 4.78 is 1.03. The van der Waals surface area contributed by atoms with Gasteiger partial charge in [-0.3, -0.25) is 0 Å². The Balaban J connectivity index is 3.29. The maximum Gasteiger partial charge on any atom is 0.0735 e. The highest BCUT2D eigenvalue weighted by molar-refractivity contribution is 14.1. The molecule has 0 saturated heterocycles. The fraction of sp³-hybridized carbons (Fsp3) is 0.600. The van der Waals surface area contributed by atoms with Gasteiger partial charge in [0, 0.05) is 3.58 Å². The maximum atomic E-state index is 8.39. The van der Waals surface area contributed by atoms with Gasteiger partial charge in [0.1, 0.15) is 0 Å². The van der Waals surface area contributed by atoms with E-state index in [9.17, 15) is 0 Å². The Bertz CT molecular complexity index is 68.5. The molecule has 0 aromatic carbocycles. The van der Waals surface area contributed by atoms with Crippen molar-refractivity contribution in [3.63, 3.8) is 0 Å². The minimum absolute atomic E-state index is 0.189. The van der Waals surface area contributed by atoms with Gasteiger partial charge in [-0.2, -0.15) is 0 Å². The molecule has 42 valence electrons. The first-order valence-electron chi connectivity index (χ1n) is 2.26. The zero-order chi connectivity index (χ0) is 5.70. The molecule has 0 amide bonds. The Morgan fingerprint density at radius 2 is 2.43 bits per heavy atom. The molecule has 0 bridgehead atoms. The average molecular weight is 212 g/mol. The maximum absolute atomic E-state index is 8.39. The second-order valence-corrected chi connectivity index (χ2v) is 2.60. The van der Waals surface area contributed by atoms with Crippen LogP contribution in [-0.4, -0.2) is 11.7 Å². The van der Waals surface area contributed by atoms with Gasteiger partial charge in [-0.05, 0) is 29.0 Å². The molecule has 7 heavy (non-hydrogen) atoms. The van der Waals surface area contributed by atoms with E-state index in [0.717, 1.165) is 10.0 Å². The summed E-state index contributed by atoms with van der Waals surface area (Å²) in [7, 11) is 0. The molecule has 0 aliphatic carbocycles. The standard InChI is InChI=1S/C5H9IO/c1-2-3-5(6)4-7/h3,7H,2,4H2,1H3/b5-3+. The van der Waals surface area contributed by atoms with Crippen molar-refractivity contribution in [2.24, 2.45) is 0 Å². The van der Waals surface area contributed by atoms with Gasteiger partial charge >= 0.3 is 0 Å². The topological polar surface area (TPSA) is 20.2 Å². The van der Waals surface area contributed by atoms with E-state index in [1.54, 1.807) is 0 Å². The van der Waals surface area contributed by atoms with Crippen LogP contribution in [0.5, 0.6) is 0 Å². The largest absolute Gasteiger partial charge is 0.391 e. The minimum Gasteiger partial charge on any atom is -0.391 e. The molecule has 2 heteroatoms. The summed E-state index contributed by atoms with van der Waals surface area (Å²) in [4.78, 5) is 0. The summed E-state index contributed by atoms with van der Waals surface area (Å²) in [5.74, 6) is 0. The summed E-state index contributed by atoms with van der Waals surface area (Å²) in [6.45, 7) is 2.24. The molecule has 0 heterocycles. The first kappa shape index (κ1) is 7.43. The van der Waals surface area contributed by atoms with Crippen molar-refractivity contribution in [2.45, 2.75) is 13.3 Å². The molecular weight excluding hydrogens is 203 g/mol. The summed E-state index contributed by atoms with van der Waals surface area (Å²) in [6, 6.07) is 0. The first-order valence-corrected chi connectivity index (χ1v) is 3.34. The fourth-order valence-corrected chi connectivity index (χ4v) is 0.726. The van der Waals surface area contributed by atoms with Crippen LogP contribution in [0.3, 0.4) is 0 Å². The SMILES string of the molecule is CC/C=C(/I)CO. The smallest absolute Gasteiger partial charge is 0.0735 e. The Morgan fingerprint density at radius 3 is 2.57 bits per heavy atom. The van der Waals surface area contributed by atoms with Crippen molar-refractivity contribution in [3.05, 3.63) is 9.66 Å². The normalized spacial score (nSPS) is 12.1. The lowest BCUT2D eigenvalue weighted by molar-refractivity contribution is 0.341. The Labute approximate surface area is 57.6 Å². The van der Waals surface area contributed by atoms with Gasteiger partial charge in [-0.25, -0.2) is 0 Å². The van der Waals surface area contributed by atoms with Crippen molar-refractivity contribution in [1.29, 1.82) is 0 Å². The van der Waals surface area contributed by atoms with Crippen LogP contribution in [0.1, 0.15) is 13.3 Å². The summed E-state index contributed by atoms with van der Waals surface area (Å²) in [5.41, 5.74) is 0. The van der Waals surface area contributed by atoms with E-state index < -0.39 is 0 Å². The Kier molecular flexibility index (Phi) is 4.87. The third-order valence-corrected chi connectivity index (χ3v) is 1.36. The van der Waals surface area contributed by atoms with Crippen LogP contribution in [0.4, 0.5) is 0 Å². The minimum atomic E-state index is 0.189. The monoisotopic (exact) mass is 212 g/mol. The number of rotatable bonds is 2. The number of aliphatic hydroxyl groups excluding tert-OH is 1. The highest BCUT2D eigenvalue weighted by Crippen LogP contribution is 2.03. The van der Waals surface area contributed by atoms with Gasteiger partial charge in [0.15, 0.2) is 0 Å². The molecule has 1 N–H and O–H groups in total. The molecule has 0 unspecified atom stereocenters. The van der Waals surface area contributed by atoms with Crippen LogP contribution in [0.15, 0.2) is 9.66 Å². The summed E-state index contributed by atoms with van der Waals surface area (Å²) in [5, 5.41) is 8.39. The molecule has 0 aliphatic rings. The molecule has 0 aliphatic heterocycles. The molecule has 0 radical (unpaired) electrons. The zero-order valence-corrected chi connectivity index (χ0v) is 6.47. The van der Waals surface area contributed by atoms with Crippen molar-refractivity contribution in [3.8, 4) is 0 Å². The zero-order valence-electron chi connectivity index (χ0n) is 4.32. The van der Waals surface area contributed by atoms with E-state index in [4.69, 9.17) is 5.11 Å². The Hall–Kier alpha value is 0.430. The first-order chi connectivity index (χ1) is 3.31. The number of aliphatic hydroxyl groups is 1. The predicted octanol–water partition coefficient (Wildman–Crippen LogP) is 1.71. The van der Waals surface area contributed by atoms with E-state index in [1.807, 2.05) is 13.0 Å². The van der Waals surface area contributed by atoms with E-state index in [2.05, 4.69) is 22.6 Å². The van der Waals surface area contributed by atoms with Crippen LogP contribution >= 0.6 is 22.6 Å². The molecule has 0 rings (SSSR count). The highest BCUT2D eigenvalue weighted by Gasteiger charge is 1.80. The van der Waals surface area contributed by atoms with E-state index in [0.29, 0.717) is 0 Å². The van der Waals surface area contributed by atoms with E-state index in [-0.39, 0.29) is 6.61 Å². The van der Waals surface area contributed by atoms with E-state index >= 15 is 0 Å². The highest BCUT2D eigenvalue weighted by atomic mass is 127. The predicted molar refractivity (Wildman–Crippen MR) is 39.5 cm³/mol. The lowest BCUT2D eigenvalue weighted by Crippen LogP contribution is -1.77. The van der Waals surface area contributed by atoms with Crippen molar-refractivity contribution in [2.75, 3.05) is 6.61 Å². The Morgan fingerprint density at radius 1 is 1.86 bits per heavy atom. The van der Waals surface area contributed by atoms with Crippen LogP contribution in [0.25, 0.3) is 0 Å². The van der Waals surface area contributed by atoms with Gasteiger partial charge in [0.25, 0.3) is 0 Å². The van der Waals surface area contributed by atoms with Crippen LogP contribution in [0, 0.1) is 0 Å². The van der Waals surface area contributed by atoms with Crippen LogP contribution in [0.2, 0.25) is 0 Å². The molecule has 0 atom stereocenters. The quantitative estimate of drug-likeness (QED) is 0.690. The summed E-state index contributed by atoms with van der Waals surface area (Å²) >= 11 is 2.12. The number of hydrogen-bond acceptors (Lipinski definition) is 1. The lowest BCUT2D eigenvalue weighted by Gasteiger charge is -1.85. The summed E-state index contributed by atoms with van der Waals surface area (Å²) in [6.07, 6.45) is 3.01. The number of hydrogen-bond donors (Lipinski definition) is 1. The van der Waals surface area contributed by atoms with Gasteiger partial charge in [0.05, 0.1) is 6.61 Å². The molecule has 0 fully saturated rings. The average Bonchev–Trinajstić information content (AvgIpc) is 1.68. The lowest BCUT2D eigenvalue weighted by atomic mass is 10.4. The van der Waals surface area contributed by atoms with Crippen LogP contribution < -0.4 is 0 Å². The molecule has 0 saturated carbocycles. The van der Waals surface area contributed by atoms with Crippen molar-refractivity contribution in [1.82, 2.24) is 0 Å². The molecule has 0 aromatic rings. The van der Waals surface area contributed by atoms with Gasteiger partial charge in [0.2, 0.25) is 0 Å². The van der Waals surface area contributed by atoms with Gasteiger partial charge in [-0.1, -0.05) is 13.0 Å². The molecule has 0 spiro atoms. The number of halogens is 1. The number of allylic oxidation sites excluding steroid dienone is 1. The second kappa shape index (κ2) is 4.59. The van der Waals surface area contributed by atoms with Gasteiger partial charge in [-0.15, -0.1) is 0 Å². The second-order valence-electron chi connectivity index (χ2n) is 1.22. The fourth-order valence-electron chi connectivity index (χ4n) is 0.286. The molecular formula is C5H9IO. The van der Waals surface area contributed by atoms with Crippen molar-refractivity contribution >= 4 is 22.6 Å². The molecule has 0 aromatic heterocycles. The third kappa shape index (κ3) is 4.28. The third-order valence-electron chi connectivity index (χ3n) is 0.577. The van der Waals surface area contributed by atoms with Gasteiger partial charge < -0.3 is 5.11 Å².